The van der Waals surface area contributed by atoms with Crippen LogP contribution in [-0.2, 0) is 0 Å². The van der Waals surface area contributed by atoms with Gasteiger partial charge in [-0.2, -0.15) is 0 Å². The third kappa shape index (κ3) is 3.97. The zero-order chi connectivity index (χ0) is 13.7. The highest BCUT2D eigenvalue weighted by molar-refractivity contribution is 6.31. The van der Waals surface area contributed by atoms with Crippen LogP contribution >= 0.6 is 11.6 Å². The monoisotopic (exact) mass is 277 g/mol. The molecule has 1 N–H and O–H groups in total. The Balaban J connectivity index is 1.85. The van der Waals surface area contributed by atoms with Gasteiger partial charge in [0.1, 0.15) is 5.82 Å². The van der Waals surface area contributed by atoms with Gasteiger partial charge in [0.25, 0.3) is 0 Å². The average Bonchev–Trinajstić information content (AvgIpc) is 2.43. The highest BCUT2D eigenvalue weighted by Gasteiger charge is 2.05. The molecule has 3 heteroatoms. The lowest BCUT2D eigenvalue weighted by molar-refractivity contribution is 0.628. The summed E-state index contributed by atoms with van der Waals surface area (Å²) in [5, 5.41) is 3.42. The van der Waals surface area contributed by atoms with E-state index in [1.807, 2.05) is 6.07 Å². The van der Waals surface area contributed by atoms with Crippen molar-refractivity contribution in [2.75, 3.05) is 11.9 Å². The van der Waals surface area contributed by atoms with Gasteiger partial charge in [-0.1, -0.05) is 48.9 Å². The van der Waals surface area contributed by atoms with E-state index < -0.39 is 0 Å². The van der Waals surface area contributed by atoms with Crippen LogP contribution < -0.4 is 5.32 Å². The summed E-state index contributed by atoms with van der Waals surface area (Å²) in [4.78, 5) is 0. The number of hydrogen-bond acceptors (Lipinski definition) is 1. The van der Waals surface area contributed by atoms with Crippen molar-refractivity contribution < 1.29 is 4.39 Å². The van der Waals surface area contributed by atoms with E-state index in [2.05, 4.69) is 36.5 Å². The summed E-state index contributed by atoms with van der Waals surface area (Å²) in [6, 6.07) is 15.1. The first kappa shape index (κ1) is 13.9. The lowest BCUT2D eigenvalue weighted by atomic mass is 9.98. The van der Waals surface area contributed by atoms with E-state index in [-0.39, 0.29) is 10.8 Å². The van der Waals surface area contributed by atoms with Crippen LogP contribution in [0.15, 0.2) is 48.5 Å². The van der Waals surface area contributed by atoms with Crippen LogP contribution in [0.3, 0.4) is 0 Å². The van der Waals surface area contributed by atoms with Gasteiger partial charge in [-0.25, -0.2) is 4.39 Å². The molecule has 100 valence electrons. The second-order valence-corrected chi connectivity index (χ2v) is 5.06. The van der Waals surface area contributed by atoms with E-state index >= 15 is 0 Å². The molecule has 1 atom stereocenters. The van der Waals surface area contributed by atoms with Crippen molar-refractivity contribution in [1.29, 1.82) is 0 Å². The molecule has 0 saturated carbocycles. The minimum absolute atomic E-state index is 0.154. The fourth-order valence-corrected chi connectivity index (χ4v) is 2.17. The molecule has 0 aromatic heterocycles. The first-order valence-electron chi connectivity index (χ1n) is 6.40. The number of hydrogen-bond donors (Lipinski definition) is 1. The van der Waals surface area contributed by atoms with Gasteiger partial charge in [0.05, 0.1) is 5.02 Å². The fraction of sp³-hybridized carbons (Fsp3) is 0.250. The average molecular weight is 278 g/mol. The Morgan fingerprint density at radius 3 is 2.58 bits per heavy atom. The van der Waals surface area contributed by atoms with E-state index in [1.165, 1.54) is 11.6 Å². The van der Waals surface area contributed by atoms with Crippen molar-refractivity contribution in [1.82, 2.24) is 0 Å². The minimum Gasteiger partial charge on any atom is -0.385 e. The van der Waals surface area contributed by atoms with Gasteiger partial charge in [-0.3, -0.25) is 0 Å². The smallest absolute Gasteiger partial charge is 0.141 e. The molecule has 2 rings (SSSR count). The van der Waals surface area contributed by atoms with Crippen molar-refractivity contribution in [2.24, 2.45) is 0 Å². The van der Waals surface area contributed by atoms with Crippen LogP contribution in [0.4, 0.5) is 10.1 Å². The van der Waals surface area contributed by atoms with Gasteiger partial charge in [0, 0.05) is 12.2 Å². The molecule has 19 heavy (non-hydrogen) atoms. The summed E-state index contributed by atoms with van der Waals surface area (Å²) in [7, 11) is 0. The quantitative estimate of drug-likeness (QED) is 0.803. The molecule has 0 spiro atoms. The molecule has 0 heterocycles. The van der Waals surface area contributed by atoms with Crippen LogP contribution in [0, 0.1) is 5.82 Å². The lowest BCUT2D eigenvalue weighted by Gasteiger charge is -2.13. The number of nitrogens with one attached hydrogen (secondary N) is 1. The van der Waals surface area contributed by atoms with Gasteiger partial charge in [0.15, 0.2) is 0 Å². The molecule has 2 aromatic rings. The normalized spacial score (nSPS) is 12.2. The van der Waals surface area contributed by atoms with E-state index in [0.717, 1.165) is 18.7 Å². The molecule has 2 aromatic carbocycles. The number of rotatable bonds is 5. The summed E-state index contributed by atoms with van der Waals surface area (Å²) in [6.45, 7) is 3.03. The van der Waals surface area contributed by atoms with E-state index in [0.29, 0.717) is 5.92 Å². The standard InChI is InChI=1S/C16H17ClFN/c1-12(13-5-3-2-4-6-13)9-10-19-14-7-8-16(18)15(17)11-14/h2-8,11-12,19H,9-10H2,1H3. The van der Waals surface area contributed by atoms with E-state index in [1.54, 1.807) is 12.1 Å². The summed E-state index contributed by atoms with van der Waals surface area (Å²) in [5.41, 5.74) is 2.19. The molecule has 0 fully saturated rings. The van der Waals surface area contributed by atoms with E-state index in [9.17, 15) is 4.39 Å². The molecule has 0 amide bonds. The Morgan fingerprint density at radius 2 is 1.89 bits per heavy atom. The third-order valence-corrected chi connectivity index (χ3v) is 3.48. The molecule has 0 bridgehead atoms. The zero-order valence-corrected chi connectivity index (χ0v) is 11.6. The largest absolute Gasteiger partial charge is 0.385 e. The number of benzene rings is 2. The molecule has 0 saturated heterocycles. The van der Waals surface area contributed by atoms with E-state index in [4.69, 9.17) is 11.6 Å². The van der Waals surface area contributed by atoms with Crippen molar-refractivity contribution in [3.05, 3.63) is 64.9 Å². The fourth-order valence-electron chi connectivity index (χ4n) is 1.99. The molecule has 0 radical (unpaired) electrons. The Kier molecular flexibility index (Phi) is 4.80. The highest BCUT2D eigenvalue weighted by atomic mass is 35.5. The Bertz CT molecular complexity index is 528. The molecular weight excluding hydrogens is 261 g/mol. The molecule has 1 nitrogen and oxygen atoms in total. The molecular formula is C16H17ClFN. The van der Waals surface area contributed by atoms with Crippen LogP contribution in [0.25, 0.3) is 0 Å². The maximum absolute atomic E-state index is 13.0. The maximum atomic E-state index is 13.0. The van der Waals surface area contributed by atoms with Gasteiger partial charge in [-0.05, 0) is 36.1 Å². The Morgan fingerprint density at radius 1 is 1.16 bits per heavy atom. The van der Waals surface area contributed by atoms with Gasteiger partial charge in [-0.15, -0.1) is 0 Å². The first-order valence-corrected chi connectivity index (χ1v) is 6.78. The van der Waals surface area contributed by atoms with Gasteiger partial charge >= 0.3 is 0 Å². The SMILES string of the molecule is CC(CCNc1ccc(F)c(Cl)c1)c1ccccc1. The third-order valence-electron chi connectivity index (χ3n) is 3.19. The Labute approximate surface area is 118 Å². The predicted molar refractivity (Wildman–Crippen MR) is 79.4 cm³/mol. The highest BCUT2D eigenvalue weighted by Crippen LogP contribution is 2.21. The topological polar surface area (TPSA) is 12.0 Å². The van der Waals surface area contributed by atoms with Crippen molar-refractivity contribution in [3.63, 3.8) is 0 Å². The summed E-state index contributed by atoms with van der Waals surface area (Å²) < 4.78 is 13.0. The summed E-state index contributed by atoms with van der Waals surface area (Å²) >= 11 is 5.74. The van der Waals surface area contributed by atoms with Crippen LogP contribution in [0.2, 0.25) is 5.02 Å². The molecule has 0 aliphatic rings. The zero-order valence-electron chi connectivity index (χ0n) is 10.9. The van der Waals surface area contributed by atoms with Crippen LogP contribution in [0.1, 0.15) is 24.8 Å². The minimum atomic E-state index is -0.384. The van der Waals surface area contributed by atoms with Crippen LogP contribution in [0.5, 0.6) is 0 Å². The molecule has 0 aliphatic heterocycles. The van der Waals surface area contributed by atoms with Gasteiger partial charge in [0.2, 0.25) is 0 Å². The van der Waals surface area contributed by atoms with Gasteiger partial charge < -0.3 is 5.32 Å². The number of anilines is 1. The summed E-state index contributed by atoms with van der Waals surface area (Å²) in [6.07, 6.45) is 1.01. The predicted octanol–water partition coefficient (Wildman–Crippen LogP) is 5.08. The second-order valence-electron chi connectivity index (χ2n) is 4.66. The maximum Gasteiger partial charge on any atom is 0.141 e. The van der Waals surface area contributed by atoms with Crippen molar-refractivity contribution in [3.8, 4) is 0 Å². The Hall–Kier alpha value is -1.54. The number of halogens is 2. The first-order chi connectivity index (χ1) is 9.16. The lowest BCUT2D eigenvalue weighted by Crippen LogP contribution is -2.06. The summed E-state index contributed by atoms with van der Waals surface area (Å²) in [5.74, 6) is 0.106. The van der Waals surface area contributed by atoms with Crippen LogP contribution in [-0.4, -0.2) is 6.54 Å². The molecule has 1 unspecified atom stereocenters. The second kappa shape index (κ2) is 6.58. The van der Waals surface area contributed by atoms with Crippen molar-refractivity contribution in [2.45, 2.75) is 19.3 Å². The van der Waals surface area contributed by atoms with Crippen molar-refractivity contribution >= 4 is 17.3 Å². The molecule has 0 aliphatic carbocycles.